The number of ether oxygens (including phenoxy) is 1. The molecule has 2 N–H and O–H groups in total. The van der Waals surface area contributed by atoms with Crippen LogP contribution in [0.5, 0.6) is 0 Å². The number of carbonyl (C=O) groups excluding carboxylic acids is 1. The first-order valence-electron chi connectivity index (χ1n) is 15.9. The molecule has 3 aliphatic carbocycles. The van der Waals surface area contributed by atoms with E-state index in [-0.39, 0.29) is 39.9 Å². The van der Waals surface area contributed by atoms with Crippen LogP contribution in [0.3, 0.4) is 0 Å². The number of aliphatic hydroxyl groups is 2. The summed E-state index contributed by atoms with van der Waals surface area (Å²) in [6, 6.07) is 15.0. The molecule has 5 atom stereocenters. The van der Waals surface area contributed by atoms with Gasteiger partial charge in [-0.3, -0.25) is 4.79 Å². The molecule has 0 saturated heterocycles. The number of esters is 1. The van der Waals surface area contributed by atoms with Crippen LogP contribution >= 0.6 is 0 Å². The summed E-state index contributed by atoms with van der Waals surface area (Å²) in [5.41, 5.74) is 0.673. The molecule has 45 heavy (non-hydrogen) atoms. The van der Waals surface area contributed by atoms with Crippen molar-refractivity contribution in [3.63, 3.8) is 0 Å². The Kier molecular flexibility index (Phi) is 10.4. The molecule has 0 bridgehead atoms. The van der Waals surface area contributed by atoms with Gasteiger partial charge in [-0.2, -0.15) is 0 Å². The van der Waals surface area contributed by atoms with E-state index in [2.05, 4.69) is 0 Å². The fourth-order valence-corrected chi connectivity index (χ4v) is 12.8. The van der Waals surface area contributed by atoms with E-state index in [1.165, 1.54) is 37.8 Å². The first kappa shape index (κ1) is 33.6. The number of fused-ring (bicyclic) bond motifs is 1. The van der Waals surface area contributed by atoms with E-state index in [0.717, 1.165) is 25.7 Å². The highest BCUT2D eigenvalue weighted by atomic mass is 32.3. The number of sulfone groups is 2. The largest absolute Gasteiger partial charge is 0.469 e. The van der Waals surface area contributed by atoms with Gasteiger partial charge in [0.05, 0.1) is 29.1 Å². The van der Waals surface area contributed by atoms with Crippen LogP contribution in [0.15, 0.2) is 94.3 Å². The Balaban J connectivity index is 1.51. The van der Waals surface area contributed by atoms with E-state index < -0.39 is 54.8 Å². The summed E-state index contributed by atoms with van der Waals surface area (Å²) in [5.74, 6) is -0.852. The number of rotatable bonds is 12. The molecule has 0 aliphatic heterocycles. The van der Waals surface area contributed by atoms with Gasteiger partial charge in [0, 0.05) is 18.8 Å². The van der Waals surface area contributed by atoms with E-state index in [1.807, 2.05) is 18.2 Å². The normalized spacial score (nSPS) is 25.2. The van der Waals surface area contributed by atoms with E-state index >= 15 is 0 Å². The minimum Gasteiger partial charge on any atom is -0.469 e. The summed E-state index contributed by atoms with van der Waals surface area (Å²) in [4.78, 5) is 12.1. The van der Waals surface area contributed by atoms with Gasteiger partial charge in [-0.05, 0) is 74.1 Å². The molecule has 3 aliphatic rings. The summed E-state index contributed by atoms with van der Waals surface area (Å²) >= 11 is 0. The Morgan fingerprint density at radius 1 is 0.956 bits per heavy atom. The molecule has 2 saturated carbocycles. The smallest absolute Gasteiger partial charge is 0.305 e. The Bertz CT molecular complexity index is 1520. The first-order valence-corrected chi connectivity index (χ1v) is 18.9. The van der Waals surface area contributed by atoms with Crippen molar-refractivity contribution in [1.82, 2.24) is 0 Å². The average Bonchev–Trinajstić information content (AvgIpc) is 3.58. The van der Waals surface area contributed by atoms with Crippen LogP contribution in [-0.2, 0) is 29.2 Å². The third-order valence-electron chi connectivity index (χ3n) is 10.1. The van der Waals surface area contributed by atoms with Crippen molar-refractivity contribution in [2.24, 2.45) is 23.7 Å². The van der Waals surface area contributed by atoms with Gasteiger partial charge >= 0.3 is 5.97 Å². The Morgan fingerprint density at radius 2 is 1.53 bits per heavy atom. The third kappa shape index (κ3) is 6.70. The number of aliphatic hydroxyl groups excluding tert-OH is 2. The van der Waals surface area contributed by atoms with Crippen LogP contribution in [0.2, 0.25) is 0 Å². The topological polar surface area (TPSA) is 135 Å². The summed E-state index contributed by atoms with van der Waals surface area (Å²) in [5, 5.41) is 21.8. The van der Waals surface area contributed by atoms with Crippen LogP contribution in [0, 0.1) is 23.7 Å². The van der Waals surface area contributed by atoms with Gasteiger partial charge in [0.1, 0.15) is 0 Å². The van der Waals surface area contributed by atoms with Crippen LogP contribution in [-0.4, -0.2) is 56.4 Å². The number of benzene rings is 2. The highest BCUT2D eigenvalue weighted by molar-refractivity contribution is 8.10. The van der Waals surface area contributed by atoms with Crippen molar-refractivity contribution in [3.05, 3.63) is 84.5 Å². The maximum atomic E-state index is 14.6. The maximum Gasteiger partial charge on any atom is 0.305 e. The Morgan fingerprint density at radius 3 is 2.09 bits per heavy atom. The lowest BCUT2D eigenvalue weighted by Gasteiger charge is -2.34. The van der Waals surface area contributed by atoms with Gasteiger partial charge in [0.25, 0.3) is 0 Å². The predicted octanol–water partition coefficient (Wildman–Crippen LogP) is 5.41. The monoisotopic (exact) mass is 656 g/mol. The van der Waals surface area contributed by atoms with Gasteiger partial charge in [0.15, 0.2) is 23.8 Å². The molecule has 0 unspecified atom stereocenters. The van der Waals surface area contributed by atoms with Crippen molar-refractivity contribution >= 4 is 25.6 Å². The number of hydrogen-bond donors (Lipinski definition) is 2. The molecular formula is C35H44O8S2. The lowest BCUT2D eigenvalue weighted by molar-refractivity contribution is -0.140. The molecule has 0 spiro atoms. The van der Waals surface area contributed by atoms with E-state index in [4.69, 9.17) is 4.74 Å². The van der Waals surface area contributed by atoms with Gasteiger partial charge in [0.2, 0.25) is 0 Å². The SMILES string of the molecule is COC(=O)CCC(CC1=C[C@H]2C[C@@H](O)[C@@H](/C=C/[C@@H](O)C3CCCCC3)[C@H]2C1)(S(=O)(=O)c1ccccc1)S(=O)(=O)c1ccccc1. The minimum absolute atomic E-state index is 0.0537. The lowest BCUT2D eigenvalue weighted by Crippen LogP contribution is -2.47. The van der Waals surface area contributed by atoms with Crippen LogP contribution < -0.4 is 0 Å². The molecule has 0 aromatic heterocycles. The maximum absolute atomic E-state index is 14.6. The van der Waals surface area contributed by atoms with Crippen molar-refractivity contribution in [1.29, 1.82) is 0 Å². The van der Waals surface area contributed by atoms with Crippen LogP contribution in [0.25, 0.3) is 0 Å². The molecule has 2 aromatic rings. The van der Waals surface area contributed by atoms with Crippen LogP contribution in [0.1, 0.15) is 64.2 Å². The second-order valence-corrected chi connectivity index (χ2v) is 17.6. The number of methoxy groups -OCH3 is 1. The van der Waals surface area contributed by atoms with Crippen molar-refractivity contribution in [2.45, 2.75) is 90.3 Å². The zero-order valence-electron chi connectivity index (χ0n) is 25.7. The number of allylic oxidation sites excluding steroid dienone is 2. The van der Waals surface area contributed by atoms with Crippen molar-refractivity contribution in [2.75, 3.05) is 7.11 Å². The van der Waals surface area contributed by atoms with E-state index in [9.17, 15) is 31.8 Å². The average molecular weight is 657 g/mol. The molecule has 10 heteroatoms. The molecule has 0 amide bonds. The van der Waals surface area contributed by atoms with Gasteiger partial charge in [-0.25, -0.2) is 16.8 Å². The molecule has 8 nitrogen and oxygen atoms in total. The molecule has 244 valence electrons. The molecule has 2 fully saturated rings. The lowest BCUT2D eigenvalue weighted by atomic mass is 9.83. The van der Waals surface area contributed by atoms with Crippen molar-refractivity contribution < 1.29 is 36.6 Å². The van der Waals surface area contributed by atoms with Crippen LogP contribution in [0.4, 0.5) is 0 Å². The predicted molar refractivity (Wildman–Crippen MR) is 171 cm³/mol. The van der Waals surface area contributed by atoms with Crippen molar-refractivity contribution in [3.8, 4) is 0 Å². The summed E-state index contributed by atoms with van der Waals surface area (Å²) in [6.45, 7) is 0. The fraction of sp³-hybridized carbons (Fsp3) is 0.514. The highest BCUT2D eigenvalue weighted by Gasteiger charge is 2.57. The third-order valence-corrected chi connectivity index (χ3v) is 15.9. The zero-order chi connectivity index (χ0) is 32.2. The molecule has 0 radical (unpaired) electrons. The van der Waals surface area contributed by atoms with Gasteiger partial charge < -0.3 is 14.9 Å². The zero-order valence-corrected chi connectivity index (χ0v) is 27.3. The summed E-state index contributed by atoms with van der Waals surface area (Å²) in [7, 11) is -7.96. The quantitative estimate of drug-likeness (QED) is 0.229. The standard InChI is InChI=1S/C35H44O8S2/c1-43-34(38)19-20-35(44(39,40)28-13-7-3-8-14-28,45(41,42)29-15-9-4-10-16-29)24-25-21-27-23-33(37)30(31(27)22-25)17-18-32(36)26-11-5-2-6-12-26/h3-4,7-10,13-18,21,26-27,30-33,36-37H,2,5-6,11-12,19-20,22-24H2,1H3/b18-17+/t27-,30-,31-,32+,33+/m0/s1. The number of hydrogen-bond acceptors (Lipinski definition) is 8. The second-order valence-electron chi connectivity index (χ2n) is 12.8. The Labute approximate surface area is 267 Å². The van der Waals surface area contributed by atoms with E-state index in [1.54, 1.807) is 36.4 Å². The highest BCUT2D eigenvalue weighted by Crippen LogP contribution is 2.52. The first-order chi connectivity index (χ1) is 21.5. The molecular weight excluding hydrogens is 613 g/mol. The minimum atomic E-state index is -4.57. The van der Waals surface area contributed by atoms with Gasteiger partial charge in [-0.1, -0.05) is 79.5 Å². The molecule has 2 aromatic carbocycles. The summed E-state index contributed by atoms with van der Waals surface area (Å²) in [6.07, 6.45) is 9.50. The van der Waals surface area contributed by atoms with Gasteiger partial charge in [-0.15, -0.1) is 0 Å². The van der Waals surface area contributed by atoms with E-state index in [0.29, 0.717) is 18.4 Å². The second kappa shape index (κ2) is 13.9. The molecule has 5 rings (SSSR count). The summed E-state index contributed by atoms with van der Waals surface area (Å²) < 4.78 is 60.9. The number of carbonyl (C=O) groups is 1. The molecule has 0 heterocycles. The fourth-order valence-electron chi connectivity index (χ4n) is 7.67. The Hall–Kier alpha value is -2.79.